The van der Waals surface area contributed by atoms with Gasteiger partial charge in [-0.15, -0.1) is 0 Å². The Morgan fingerprint density at radius 2 is 1.88 bits per heavy atom. The Bertz CT molecular complexity index is 1110. The Kier molecular flexibility index (Phi) is 5.72. The number of imide groups is 1. The van der Waals surface area contributed by atoms with Crippen LogP contribution in [0, 0.1) is 0 Å². The maximum Gasteiger partial charge on any atom is 0.305 e. The number of hydrogen-bond acceptors (Lipinski definition) is 5. The van der Waals surface area contributed by atoms with Crippen molar-refractivity contribution in [3.05, 3.63) is 70.8 Å². The first-order chi connectivity index (χ1) is 15.3. The average Bonchev–Trinajstić information content (AvgIpc) is 3.09. The predicted molar refractivity (Wildman–Crippen MR) is 111 cm³/mol. The van der Waals surface area contributed by atoms with Crippen LogP contribution < -0.4 is 10.6 Å². The van der Waals surface area contributed by atoms with E-state index in [4.69, 9.17) is 0 Å². The largest absolute Gasteiger partial charge is 0.481 e. The van der Waals surface area contributed by atoms with Crippen LogP contribution in [0.2, 0.25) is 0 Å². The van der Waals surface area contributed by atoms with Crippen molar-refractivity contribution in [3.63, 3.8) is 0 Å². The first-order valence-corrected chi connectivity index (χ1v) is 10.2. The van der Waals surface area contributed by atoms with Crippen LogP contribution in [0.4, 0.5) is 0 Å². The van der Waals surface area contributed by atoms with E-state index in [2.05, 4.69) is 10.6 Å². The molecular weight excluding hydrogens is 414 g/mol. The summed E-state index contributed by atoms with van der Waals surface area (Å²) in [6.45, 7) is 0.152. The van der Waals surface area contributed by atoms with Gasteiger partial charge in [0, 0.05) is 24.1 Å². The summed E-state index contributed by atoms with van der Waals surface area (Å²) in [5.41, 5.74) is 1.95. The van der Waals surface area contributed by atoms with E-state index >= 15 is 0 Å². The molecule has 2 aliphatic rings. The van der Waals surface area contributed by atoms with Gasteiger partial charge in [0.1, 0.15) is 6.04 Å². The molecule has 2 aliphatic heterocycles. The summed E-state index contributed by atoms with van der Waals surface area (Å²) >= 11 is 0. The molecule has 2 heterocycles. The first-order valence-electron chi connectivity index (χ1n) is 10.2. The molecule has 0 aliphatic carbocycles. The highest BCUT2D eigenvalue weighted by molar-refractivity contribution is 6.06. The van der Waals surface area contributed by atoms with Crippen molar-refractivity contribution >= 4 is 29.6 Å². The Morgan fingerprint density at radius 3 is 2.56 bits per heavy atom. The smallest absolute Gasteiger partial charge is 0.305 e. The highest BCUT2D eigenvalue weighted by atomic mass is 16.4. The van der Waals surface area contributed by atoms with Crippen molar-refractivity contribution in [1.29, 1.82) is 0 Å². The summed E-state index contributed by atoms with van der Waals surface area (Å²) in [7, 11) is 0. The zero-order valence-electron chi connectivity index (χ0n) is 17.0. The van der Waals surface area contributed by atoms with Crippen LogP contribution in [-0.2, 0) is 20.9 Å². The van der Waals surface area contributed by atoms with Crippen LogP contribution in [0.1, 0.15) is 57.1 Å². The molecule has 0 saturated carbocycles. The fourth-order valence-corrected chi connectivity index (χ4v) is 4.07. The van der Waals surface area contributed by atoms with Gasteiger partial charge in [0.05, 0.1) is 12.5 Å². The number of carbonyl (C=O) groups excluding carboxylic acids is 4. The molecule has 2 aromatic rings. The number of carboxylic acids is 1. The van der Waals surface area contributed by atoms with Crippen molar-refractivity contribution < 1.29 is 29.1 Å². The molecule has 0 radical (unpaired) electrons. The second-order valence-corrected chi connectivity index (χ2v) is 7.81. The molecule has 32 heavy (non-hydrogen) atoms. The predicted octanol–water partition coefficient (Wildman–Crippen LogP) is 1.39. The third-order valence-electron chi connectivity index (χ3n) is 5.67. The molecule has 0 aromatic heterocycles. The molecule has 1 saturated heterocycles. The van der Waals surface area contributed by atoms with Crippen LogP contribution in [-0.4, -0.2) is 45.6 Å². The van der Waals surface area contributed by atoms with Gasteiger partial charge in [-0.1, -0.05) is 30.3 Å². The van der Waals surface area contributed by atoms with Gasteiger partial charge < -0.3 is 15.3 Å². The van der Waals surface area contributed by atoms with Crippen LogP contribution in [0.25, 0.3) is 0 Å². The molecule has 9 nitrogen and oxygen atoms in total. The summed E-state index contributed by atoms with van der Waals surface area (Å²) in [5.74, 6) is -2.69. The highest BCUT2D eigenvalue weighted by Gasteiger charge is 2.39. The number of fused-ring (bicyclic) bond motifs is 1. The first kappa shape index (κ1) is 21.2. The van der Waals surface area contributed by atoms with Gasteiger partial charge in [-0.3, -0.25) is 29.3 Å². The maximum atomic E-state index is 12.9. The second-order valence-electron chi connectivity index (χ2n) is 7.81. The molecule has 0 spiro atoms. The average molecular weight is 435 g/mol. The van der Waals surface area contributed by atoms with Gasteiger partial charge in [-0.2, -0.15) is 0 Å². The number of benzene rings is 2. The van der Waals surface area contributed by atoms with Crippen LogP contribution in [0.3, 0.4) is 0 Å². The van der Waals surface area contributed by atoms with E-state index in [1.165, 1.54) is 17.0 Å². The SMILES string of the molecule is O=C(O)C[C@H](NC(=O)c1ccc2c(c1)CN(C1CCC(=O)NC1=O)C2=O)c1ccccc1. The van der Waals surface area contributed by atoms with Crippen molar-refractivity contribution in [2.24, 2.45) is 0 Å². The second kappa shape index (κ2) is 8.62. The lowest BCUT2D eigenvalue weighted by molar-refractivity contribution is -0.138. The molecule has 1 fully saturated rings. The monoisotopic (exact) mass is 435 g/mol. The molecule has 164 valence electrons. The third kappa shape index (κ3) is 4.22. The Balaban J connectivity index is 1.52. The molecular formula is C23H21N3O6. The lowest BCUT2D eigenvalue weighted by Gasteiger charge is -2.29. The van der Waals surface area contributed by atoms with Crippen LogP contribution in [0.15, 0.2) is 48.5 Å². The minimum Gasteiger partial charge on any atom is -0.481 e. The summed E-state index contributed by atoms with van der Waals surface area (Å²) in [6, 6.07) is 12.0. The number of rotatable bonds is 6. The Labute approximate surface area is 183 Å². The third-order valence-corrected chi connectivity index (χ3v) is 5.67. The number of nitrogens with one attached hydrogen (secondary N) is 2. The lowest BCUT2D eigenvalue weighted by atomic mass is 10.0. The topological polar surface area (TPSA) is 133 Å². The van der Waals surface area contributed by atoms with Crippen LogP contribution in [0.5, 0.6) is 0 Å². The van der Waals surface area contributed by atoms with Crippen molar-refractivity contribution in [2.75, 3.05) is 0 Å². The zero-order chi connectivity index (χ0) is 22.8. The van der Waals surface area contributed by atoms with E-state index in [1.54, 1.807) is 36.4 Å². The highest BCUT2D eigenvalue weighted by Crippen LogP contribution is 2.28. The Morgan fingerprint density at radius 1 is 1.12 bits per heavy atom. The quantitative estimate of drug-likeness (QED) is 0.588. The summed E-state index contributed by atoms with van der Waals surface area (Å²) in [4.78, 5) is 61.9. The number of carboxylic acid groups (broad SMARTS) is 1. The van der Waals surface area contributed by atoms with Gasteiger partial charge in [0.25, 0.3) is 11.8 Å². The molecule has 4 amide bonds. The Hall–Kier alpha value is -4.01. The fraction of sp³-hybridized carbons (Fsp3) is 0.261. The number of amides is 4. The molecule has 2 aromatic carbocycles. The molecule has 9 heteroatoms. The minimum absolute atomic E-state index is 0.152. The molecule has 3 N–H and O–H groups in total. The van der Waals surface area contributed by atoms with Crippen LogP contribution >= 0.6 is 0 Å². The van der Waals surface area contributed by atoms with E-state index in [0.717, 1.165) is 0 Å². The molecule has 1 unspecified atom stereocenters. The van der Waals surface area contributed by atoms with Crippen molar-refractivity contribution in [1.82, 2.24) is 15.5 Å². The fourth-order valence-electron chi connectivity index (χ4n) is 4.07. The minimum atomic E-state index is -1.04. The van der Waals surface area contributed by atoms with E-state index in [-0.39, 0.29) is 43.2 Å². The van der Waals surface area contributed by atoms with E-state index < -0.39 is 29.9 Å². The van der Waals surface area contributed by atoms with Gasteiger partial charge >= 0.3 is 5.97 Å². The van der Waals surface area contributed by atoms with E-state index in [9.17, 15) is 29.1 Å². The number of nitrogens with zero attached hydrogens (tertiary/aromatic N) is 1. The maximum absolute atomic E-state index is 12.9. The van der Waals surface area contributed by atoms with E-state index in [1.807, 2.05) is 0 Å². The van der Waals surface area contributed by atoms with E-state index in [0.29, 0.717) is 16.7 Å². The number of hydrogen-bond donors (Lipinski definition) is 3. The van der Waals surface area contributed by atoms with Gasteiger partial charge in [0.2, 0.25) is 11.8 Å². The van der Waals surface area contributed by atoms with Crippen molar-refractivity contribution in [3.8, 4) is 0 Å². The molecule has 4 rings (SSSR count). The van der Waals surface area contributed by atoms with Crippen molar-refractivity contribution in [2.45, 2.75) is 37.9 Å². The lowest BCUT2D eigenvalue weighted by Crippen LogP contribution is -2.52. The summed E-state index contributed by atoms with van der Waals surface area (Å²) < 4.78 is 0. The summed E-state index contributed by atoms with van der Waals surface area (Å²) in [6.07, 6.45) is 0.142. The van der Waals surface area contributed by atoms with Gasteiger partial charge in [-0.05, 0) is 35.7 Å². The molecule has 0 bridgehead atoms. The number of carbonyl (C=O) groups is 5. The molecule has 2 atom stereocenters. The van der Waals surface area contributed by atoms with Gasteiger partial charge in [0.15, 0.2) is 0 Å². The zero-order valence-corrected chi connectivity index (χ0v) is 17.0. The standard InChI is InChI=1S/C23H21N3O6/c27-19-9-8-18(22(31)25-19)26-12-15-10-14(6-7-16(15)23(26)32)21(30)24-17(11-20(28)29)13-4-2-1-3-5-13/h1-7,10,17-18H,8-9,11-12H2,(H,24,30)(H,28,29)(H,25,27,31)/t17-,18?/m0/s1. The van der Waals surface area contributed by atoms with Gasteiger partial charge in [-0.25, -0.2) is 0 Å². The summed E-state index contributed by atoms with van der Waals surface area (Å²) in [5, 5.41) is 14.2. The number of piperidine rings is 1. The number of aliphatic carboxylic acids is 1. The normalized spacial score (nSPS) is 18.7.